The molecule has 1 N–H and O–H groups in total. The third-order valence-electron chi connectivity index (χ3n) is 3.41. The fraction of sp³-hybridized carbons (Fsp3) is 0.533. The highest BCUT2D eigenvalue weighted by atomic mass is 16.5. The summed E-state index contributed by atoms with van der Waals surface area (Å²) >= 11 is 0. The Morgan fingerprint density at radius 2 is 2.26 bits per heavy atom. The van der Waals surface area contributed by atoms with Crippen LogP contribution in [0, 0.1) is 6.92 Å². The highest BCUT2D eigenvalue weighted by Gasteiger charge is 2.22. The smallest absolute Gasteiger partial charge is 0.256 e. The Bertz CT molecular complexity index is 459. The van der Waals surface area contributed by atoms with Crippen molar-refractivity contribution in [2.24, 2.45) is 0 Å². The lowest BCUT2D eigenvalue weighted by Gasteiger charge is -2.23. The van der Waals surface area contributed by atoms with Gasteiger partial charge < -0.3 is 15.0 Å². The molecule has 0 radical (unpaired) electrons. The summed E-state index contributed by atoms with van der Waals surface area (Å²) in [5.74, 6) is 0.0849. The number of hydrogen-bond donors (Lipinski definition) is 1. The molecule has 1 heterocycles. The molecule has 0 spiro atoms. The Morgan fingerprint density at radius 3 is 3.00 bits per heavy atom. The summed E-state index contributed by atoms with van der Waals surface area (Å²) in [4.78, 5) is 14.5. The molecular formula is C15H22N2O2. The number of amides is 1. The minimum atomic E-state index is 0.0849. The molecule has 0 aliphatic carbocycles. The topological polar surface area (TPSA) is 41.6 Å². The van der Waals surface area contributed by atoms with E-state index in [1.807, 2.05) is 44.0 Å². The van der Waals surface area contributed by atoms with E-state index in [1.165, 1.54) is 0 Å². The Labute approximate surface area is 114 Å². The van der Waals surface area contributed by atoms with E-state index in [0.29, 0.717) is 6.54 Å². The van der Waals surface area contributed by atoms with Gasteiger partial charge in [0.15, 0.2) is 0 Å². The maximum atomic E-state index is 12.6. The van der Waals surface area contributed by atoms with Crippen molar-refractivity contribution >= 4 is 11.6 Å². The number of rotatable bonds is 2. The van der Waals surface area contributed by atoms with Crippen molar-refractivity contribution in [2.45, 2.75) is 26.4 Å². The van der Waals surface area contributed by atoms with Crippen LogP contribution in [0.15, 0.2) is 18.2 Å². The molecule has 19 heavy (non-hydrogen) atoms. The van der Waals surface area contributed by atoms with Gasteiger partial charge in [-0.05, 0) is 38.0 Å². The summed E-state index contributed by atoms with van der Waals surface area (Å²) in [6, 6.07) is 5.89. The summed E-state index contributed by atoms with van der Waals surface area (Å²) < 4.78 is 5.59. The Kier molecular flexibility index (Phi) is 4.43. The van der Waals surface area contributed by atoms with E-state index < -0.39 is 0 Å². The normalized spacial score (nSPS) is 19.9. The predicted molar refractivity (Wildman–Crippen MR) is 76.7 cm³/mol. The average molecular weight is 262 g/mol. The van der Waals surface area contributed by atoms with Crippen LogP contribution in [0.5, 0.6) is 0 Å². The van der Waals surface area contributed by atoms with Gasteiger partial charge in [-0.3, -0.25) is 4.79 Å². The molecule has 1 amide bonds. The molecule has 1 atom stereocenters. The number of nitrogens with one attached hydrogen (secondary N) is 1. The first kappa shape index (κ1) is 13.9. The van der Waals surface area contributed by atoms with Crippen molar-refractivity contribution in [1.82, 2.24) is 4.90 Å². The number of benzene rings is 1. The zero-order chi connectivity index (χ0) is 13.8. The lowest BCUT2D eigenvalue weighted by molar-refractivity contribution is 0.0563. The molecule has 1 saturated heterocycles. The van der Waals surface area contributed by atoms with Crippen LogP contribution in [-0.4, -0.2) is 43.7 Å². The third-order valence-corrected chi connectivity index (χ3v) is 3.41. The third kappa shape index (κ3) is 3.26. The molecule has 0 saturated carbocycles. The van der Waals surface area contributed by atoms with Crippen LogP contribution in [0.4, 0.5) is 5.69 Å². The fourth-order valence-corrected chi connectivity index (χ4v) is 2.40. The van der Waals surface area contributed by atoms with Crippen molar-refractivity contribution in [2.75, 3.05) is 32.1 Å². The van der Waals surface area contributed by atoms with Gasteiger partial charge in [0.05, 0.1) is 11.7 Å². The number of carbonyl (C=O) groups excluding carboxylic acids is 1. The number of anilines is 1. The summed E-state index contributed by atoms with van der Waals surface area (Å²) in [6.45, 7) is 6.20. The van der Waals surface area contributed by atoms with Crippen molar-refractivity contribution in [3.63, 3.8) is 0 Å². The zero-order valence-electron chi connectivity index (χ0n) is 11.9. The molecule has 1 fully saturated rings. The number of carbonyl (C=O) groups is 1. The van der Waals surface area contributed by atoms with E-state index in [0.717, 1.165) is 36.4 Å². The van der Waals surface area contributed by atoms with E-state index in [2.05, 4.69) is 5.32 Å². The molecule has 104 valence electrons. The van der Waals surface area contributed by atoms with Gasteiger partial charge in [-0.25, -0.2) is 0 Å². The van der Waals surface area contributed by atoms with Crippen molar-refractivity contribution in [3.05, 3.63) is 29.3 Å². The highest BCUT2D eigenvalue weighted by Crippen LogP contribution is 2.20. The van der Waals surface area contributed by atoms with E-state index >= 15 is 0 Å². The maximum absolute atomic E-state index is 12.6. The minimum absolute atomic E-state index is 0.0849. The second kappa shape index (κ2) is 6.06. The first-order valence-corrected chi connectivity index (χ1v) is 6.81. The Balaban J connectivity index is 2.23. The standard InChI is InChI=1S/C15H22N2O2/c1-11-5-6-13(14(9-11)16-3)15(18)17-7-4-8-19-12(2)10-17/h5-6,9,12,16H,4,7-8,10H2,1-3H3. The van der Waals surface area contributed by atoms with Gasteiger partial charge in [0.1, 0.15) is 0 Å². The predicted octanol–water partition coefficient (Wildman–Crippen LogP) is 2.29. The van der Waals surface area contributed by atoms with Gasteiger partial charge >= 0.3 is 0 Å². The monoisotopic (exact) mass is 262 g/mol. The van der Waals surface area contributed by atoms with Crippen LogP contribution in [-0.2, 0) is 4.74 Å². The van der Waals surface area contributed by atoms with Crippen molar-refractivity contribution in [1.29, 1.82) is 0 Å². The number of aryl methyl sites for hydroxylation is 1. The fourth-order valence-electron chi connectivity index (χ4n) is 2.40. The second-order valence-corrected chi connectivity index (χ2v) is 5.09. The quantitative estimate of drug-likeness (QED) is 0.889. The average Bonchev–Trinajstić information content (AvgIpc) is 2.62. The van der Waals surface area contributed by atoms with Crippen LogP contribution in [0.1, 0.15) is 29.3 Å². The molecular weight excluding hydrogens is 240 g/mol. The summed E-state index contributed by atoms with van der Waals surface area (Å²) in [5, 5.41) is 3.10. The zero-order valence-corrected chi connectivity index (χ0v) is 11.9. The van der Waals surface area contributed by atoms with Gasteiger partial charge in [-0.1, -0.05) is 6.07 Å². The van der Waals surface area contributed by atoms with Gasteiger partial charge in [-0.2, -0.15) is 0 Å². The summed E-state index contributed by atoms with van der Waals surface area (Å²) in [7, 11) is 1.85. The number of hydrogen-bond acceptors (Lipinski definition) is 3. The molecule has 1 unspecified atom stereocenters. The molecule has 1 aliphatic heterocycles. The SMILES string of the molecule is CNc1cc(C)ccc1C(=O)N1CCCOC(C)C1. The Morgan fingerprint density at radius 1 is 1.47 bits per heavy atom. The van der Waals surface area contributed by atoms with Crippen LogP contribution in [0.25, 0.3) is 0 Å². The van der Waals surface area contributed by atoms with Gasteiger partial charge in [0.2, 0.25) is 0 Å². The number of ether oxygens (including phenoxy) is 1. The van der Waals surface area contributed by atoms with Gasteiger partial charge in [0.25, 0.3) is 5.91 Å². The molecule has 2 rings (SSSR count). The van der Waals surface area contributed by atoms with Crippen LogP contribution in [0.2, 0.25) is 0 Å². The first-order chi connectivity index (χ1) is 9.11. The van der Waals surface area contributed by atoms with E-state index in [4.69, 9.17) is 4.74 Å². The molecule has 1 aromatic rings. The molecule has 0 bridgehead atoms. The second-order valence-electron chi connectivity index (χ2n) is 5.09. The molecule has 1 aliphatic rings. The van der Waals surface area contributed by atoms with Gasteiger partial charge in [0, 0.05) is 32.4 Å². The van der Waals surface area contributed by atoms with E-state index in [1.54, 1.807) is 0 Å². The van der Waals surface area contributed by atoms with Crippen LogP contribution < -0.4 is 5.32 Å². The molecule has 1 aromatic carbocycles. The highest BCUT2D eigenvalue weighted by molar-refractivity contribution is 5.99. The van der Waals surface area contributed by atoms with E-state index in [-0.39, 0.29) is 12.0 Å². The minimum Gasteiger partial charge on any atom is -0.387 e. The van der Waals surface area contributed by atoms with Crippen LogP contribution in [0.3, 0.4) is 0 Å². The van der Waals surface area contributed by atoms with E-state index in [9.17, 15) is 4.79 Å². The van der Waals surface area contributed by atoms with Crippen LogP contribution >= 0.6 is 0 Å². The Hall–Kier alpha value is -1.55. The van der Waals surface area contributed by atoms with Gasteiger partial charge in [-0.15, -0.1) is 0 Å². The summed E-state index contributed by atoms with van der Waals surface area (Å²) in [5.41, 5.74) is 2.78. The van der Waals surface area contributed by atoms with Crippen molar-refractivity contribution in [3.8, 4) is 0 Å². The molecule has 0 aromatic heterocycles. The lowest BCUT2D eigenvalue weighted by Crippen LogP contribution is -2.36. The largest absolute Gasteiger partial charge is 0.387 e. The van der Waals surface area contributed by atoms with Crippen molar-refractivity contribution < 1.29 is 9.53 Å². The lowest BCUT2D eigenvalue weighted by atomic mass is 10.1. The molecule has 4 heteroatoms. The summed E-state index contributed by atoms with van der Waals surface area (Å²) in [6.07, 6.45) is 1.01. The first-order valence-electron chi connectivity index (χ1n) is 6.81. The maximum Gasteiger partial charge on any atom is 0.256 e. The number of nitrogens with zero attached hydrogens (tertiary/aromatic N) is 1. The molecule has 4 nitrogen and oxygen atoms in total.